The van der Waals surface area contributed by atoms with E-state index in [-0.39, 0.29) is 12.1 Å². The first-order valence-corrected chi connectivity index (χ1v) is 7.46. The summed E-state index contributed by atoms with van der Waals surface area (Å²) in [5.41, 5.74) is -0.495. The van der Waals surface area contributed by atoms with E-state index in [9.17, 15) is 10.1 Å². The van der Waals surface area contributed by atoms with Crippen LogP contribution >= 0.6 is 15.9 Å². The van der Waals surface area contributed by atoms with Gasteiger partial charge in [0.1, 0.15) is 11.4 Å². The second kappa shape index (κ2) is 6.08. The number of nitriles is 1. The maximum absolute atomic E-state index is 11.8. The van der Waals surface area contributed by atoms with Gasteiger partial charge in [-0.1, -0.05) is 0 Å². The molecule has 0 unspecified atom stereocenters. The first-order valence-electron chi connectivity index (χ1n) is 6.67. The van der Waals surface area contributed by atoms with Crippen molar-refractivity contribution in [1.82, 2.24) is 10.2 Å². The second-order valence-electron chi connectivity index (χ2n) is 5.95. The molecule has 1 N–H and O–H groups in total. The molecule has 2 rings (SSSR count). The van der Waals surface area contributed by atoms with Gasteiger partial charge in [-0.25, -0.2) is 4.79 Å². The van der Waals surface area contributed by atoms with Gasteiger partial charge in [-0.05, 0) is 48.8 Å². The number of rotatable bonds is 3. The molecule has 1 atom stereocenters. The van der Waals surface area contributed by atoms with Gasteiger partial charge in [-0.3, -0.25) is 5.32 Å². The molecule has 0 aliphatic carbocycles. The standard InChI is InChI=1S/C14H18BrN3O3/c1-14(2,3)21-13(19)18-7-9(8-18)17-10(6-16)11-4-5-12(15)20-11/h4-5,9-10,17H,7-8H2,1-3H3/t10-/m1/s1. The number of ether oxygens (including phenoxy) is 1. The van der Waals surface area contributed by atoms with Gasteiger partial charge in [0.05, 0.1) is 6.07 Å². The summed E-state index contributed by atoms with van der Waals surface area (Å²) in [4.78, 5) is 13.4. The highest BCUT2D eigenvalue weighted by molar-refractivity contribution is 9.10. The smallest absolute Gasteiger partial charge is 0.410 e. The van der Waals surface area contributed by atoms with Crippen LogP contribution in [0.5, 0.6) is 0 Å². The van der Waals surface area contributed by atoms with Gasteiger partial charge in [0, 0.05) is 19.1 Å². The Morgan fingerprint density at radius 2 is 2.24 bits per heavy atom. The molecule has 1 aliphatic rings. The minimum absolute atomic E-state index is 0.0612. The number of likely N-dealkylation sites (tertiary alicyclic amines) is 1. The molecule has 21 heavy (non-hydrogen) atoms. The molecule has 6 nitrogen and oxygen atoms in total. The van der Waals surface area contributed by atoms with E-state index < -0.39 is 11.6 Å². The molecule has 0 radical (unpaired) electrons. The zero-order valence-electron chi connectivity index (χ0n) is 12.2. The lowest BCUT2D eigenvalue weighted by atomic mass is 10.1. The summed E-state index contributed by atoms with van der Waals surface area (Å²) in [5, 5.41) is 12.3. The largest absolute Gasteiger partial charge is 0.452 e. The Hall–Kier alpha value is -1.52. The minimum atomic E-state index is -0.526. The van der Waals surface area contributed by atoms with Crippen molar-refractivity contribution in [2.45, 2.75) is 38.5 Å². The maximum Gasteiger partial charge on any atom is 0.410 e. The fourth-order valence-corrected chi connectivity index (χ4v) is 2.28. The van der Waals surface area contributed by atoms with Crippen molar-refractivity contribution in [1.29, 1.82) is 5.26 Å². The molecule has 0 aromatic carbocycles. The Labute approximate surface area is 132 Å². The molecule has 1 fully saturated rings. The molecule has 1 amide bonds. The number of amides is 1. The summed E-state index contributed by atoms with van der Waals surface area (Å²) >= 11 is 3.21. The molecule has 0 saturated carbocycles. The zero-order chi connectivity index (χ0) is 15.6. The number of hydrogen-bond acceptors (Lipinski definition) is 5. The van der Waals surface area contributed by atoms with Crippen molar-refractivity contribution >= 4 is 22.0 Å². The van der Waals surface area contributed by atoms with Gasteiger partial charge in [0.25, 0.3) is 0 Å². The van der Waals surface area contributed by atoms with Crippen molar-refractivity contribution < 1.29 is 13.9 Å². The molecule has 1 aromatic rings. The Kier molecular flexibility index (Phi) is 4.59. The lowest BCUT2D eigenvalue weighted by Gasteiger charge is -2.40. The lowest BCUT2D eigenvalue weighted by molar-refractivity contribution is 0.00456. The summed E-state index contributed by atoms with van der Waals surface area (Å²) in [6.45, 7) is 6.55. The molecule has 1 aliphatic heterocycles. The fourth-order valence-electron chi connectivity index (χ4n) is 1.96. The van der Waals surface area contributed by atoms with E-state index in [1.165, 1.54) is 0 Å². The van der Waals surface area contributed by atoms with E-state index >= 15 is 0 Å². The summed E-state index contributed by atoms with van der Waals surface area (Å²) in [6, 6.07) is 5.18. The van der Waals surface area contributed by atoms with Crippen molar-refractivity contribution in [3.63, 3.8) is 0 Å². The highest BCUT2D eigenvalue weighted by Crippen LogP contribution is 2.22. The first kappa shape index (κ1) is 15.9. The number of nitrogens with one attached hydrogen (secondary N) is 1. The molecule has 2 heterocycles. The molecule has 0 spiro atoms. The van der Waals surface area contributed by atoms with Gasteiger partial charge in [-0.15, -0.1) is 0 Å². The number of carbonyl (C=O) groups is 1. The molecule has 0 bridgehead atoms. The highest BCUT2D eigenvalue weighted by atomic mass is 79.9. The predicted octanol–water partition coefficient (Wildman–Crippen LogP) is 2.82. The summed E-state index contributed by atoms with van der Waals surface area (Å²) < 4.78 is 11.2. The third-order valence-electron chi connectivity index (χ3n) is 2.94. The first-order chi connectivity index (χ1) is 9.78. The van der Waals surface area contributed by atoms with Crippen LogP contribution in [0.1, 0.15) is 32.6 Å². The molecule has 1 aromatic heterocycles. The van der Waals surface area contributed by atoms with E-state index in [4.69, 9.17) is 9.15 Å². The summed E-state index contributed by atoms with van der Waals surface area (Å²) in [7, 11) is 0. The van der Waals surface area contributed by atoms with Crippen LogP contribution in [0.2, 0.25) is 0 Å². The van der Waals surface area contributed by atoms with E-state index in [1.807, 2.05) is 20.8 Å². The minimum Gasteiger partial charge on any atom is -0.452 e. The average Bonchev–Trinajstić information content (AvgIpc) is 2.72. The van der Waals surface area contributed by atoms with Crippen LogP contribution in [0, 0.1) is 11.3 Å². The topological polar surface area (TPSA) is 78.5 Å². The third kappa shape index (κ3) is 4.22. The second-order valence-corrected chi connectivity index (χ2v) is 6.73. The molecule has 114 valence electrons. The number of carbonyl (C=O) groups excluding carboxylic acids is 1. The number of hydrogen-bond donors (Lipinski definition) is 1. The number of nitrogens with zero attached hydrogens (tertiary/aromatic N) is 2. The number of halogens is 1. The molecule has 1 saturated heterocycles. The van der Waals surface area contributed by atoms with Crippen LogP contribution < -0.4 is 5.32 Å². The molecular weight excluding hydrogens is 338 g/mol. The average molecular weight is 356 g/mol. The van der Waals surface area contributed by atoms with Crippen LogP contribution in [0.4, 0.5) is 4.79 Å². The normalized spacial score (nSPS) is 17.0. The van der Waals surface area contributed by atoms with Gasteiger partial charge in [0.2, 0.25) is 0 Å². The Morgan fingerprint density at radius 1 is 1.57 bits per heavy atom. The summed E-state index contributed by atoms with van der Waals surface area (Å²) in [5.74, 6) is 0.556. The lowest BCUT2D eigenvalue weighted by Crippen LogP contribution is -2.60. The Morgan fingerprint density at radius 3 is 2.71 bits per heavy atom. The van der Waals surface area contributed by atoms with E-state index in [1.54, 1.807) is 17.0 Å². The highest BCUT2D eigenvalue weighted by Gasteiger charge is 2.35. The van der Waals surface area contributed by atoms with Crippen molar-refractivity contribution in [2.24, 2.45) is 0 Å². The Balaban J connectivity index is 1.82. The van der Waals surface area contributed by atoms with Crippen molar-refractivity contribution in [3.05, 3.63) is 22.6 Å². The SMILES string of the molecule is CC(C)(C)OC(=O)N1CC(N[C@H](C#N)c2ccc(Br)o2)C1. The van der Waals surface area contributed by atoms with E-state index in [2.05, 4.69) is 27.3 Å². The zero-order valence-corrected chi connectivity index (χ0v) is 13.8. The monoisotopic (exact) mass is 355 g/mol. The predicted molar refractivity (Wildman–Crippen MR) is 79.5 cm³/mol. The van der Waals surface area contributed by atoms with E-state index in [0.717, 1.165) is 0 Å². The maximum atomic E-state index is 11.8. The van der Waals surface area contributed by atoms with Crippen LogP contribution in [0.15, 0.2) is 21.2 Å². The van der Waals surface area contributed by atoms with Gasteiger partial charge >= 0.3 is 6.09 Å². The van der Waals surface area contributed by atoms with E-state index in [0.29, 0.717) is 23.5 Å². The van der Waals surface area contributed by atoms with Crippen LogP contribution in [0.3, 0.4) is 0 Å². The van der Waals surface area contributed by atoms with Crippen LogP contribution in [-0.4, -0.2) is 35.7 Å². The van der Waals surface area contributed by atoms with Crippen molar-refractivity contribution in [3.8, 4) is 6.07 Å². The quantitative estimate of drug-likeness (QED) is 0.901. The number of furan rings is 1. The van der Waals surface area contributed by atoms with Crippen LogP contribution in [0.25, 0.3) is 0 Å². The molecular formula is C14H18BrN3O3. The summed E-state index contributed by atoms with van der Waals surface area (Å²) in [6.07, 6.45) is -0.324. The van der Waals surface area contributed by atoms with Crippen LogP contribution in [-0.2, 0) is 4.74 Å². The Bertz CT molecular complexity index is 553. The molecule has 7 heteroatoms. The van der Waals surface area contributed by atoms with Gasteiger partial charge < -0.3 is 14.1 Å². The van der Waals surface area contributed by atoms with Gasteiger partial charge in [0.15, 0.2) is 10.7 Å². The third-order valence-corrected chi connectivity index (χ3v) is 3.37. The fraction of sp³-hybridized carbons (Fsp3) is 0.571. The van der Waals surface area contributed by atoms with Crippen molar-refractivity contribution in [2.75, 3.05) is 13.1 Å². The van der Waals surface area contributed by atoms with Gasteiger partial charge in [-0.2, -0.15) is 5.26 Å².